The molecule has 1 aromatic carbocycles. The molecule has 1 aromatic heterocycles. The van der Waals surface area contributed by atoms with E-state index in [9.17, 15) is 0 Å². The number of aromatic nitrogens is 1. The Balaban J connectivity index is 1.85. The smallest absolute Gasteiger partial charge is 0.134 e. The summed E-state index contributed by atoms with van der Waals surface area (Å²) in [6.07, 6.45) is 0. The number of benzene rings is 1. The van der Waals surface area contributed by atoms with Gasteiger partial charge in [-0.3, -0.25) is 4.90 Å². The van der Waals surface area contributed by atoms with E-state index in [1.54, 1.807) is 0 Å². The molecule has 2 aromatic rings. The summed E-state index contributed by atoms with van der Waals surface area (Å²) in [6.45, 7) is 6.26. The third-order valence-electron chi connectivity index (χ3n) is 3.60. The molecule has 0 aliphatic carbocycles. The molecule has 19 heavy (non-hydrogen) atoms. The lowest BCUT2D eigenvalue weighted by molar-refractivity contribution is 0.199. The number of para-hydroxylation sites is 1. The number of hydrogen-bond donors (Lipinski definition) is 1. The predicted molar refractivity (Wildman–Crippen MR) is 79.5 cm³/mol. The zero-order chi connectivity index (χ0) is 13.2. The van der Waals surface area contributed by atoms with Crippen molar-refractivity contribution in [2.24, 2.45) is 0 Å². The summed E-state index contributed by atoms with van der Waals surface area (Å²) in [5.74, 6) is 0. The van der Waals surface area contributed by atoms with Gasteiger partial charge in [0, 0.05) is 43.2 Å². The second kappa shape index (κ2) is 5.45. The monoisotopic (exact) mass is 275 g/mol. The molecule has 0 spiro atoms. The Morgan fingerprint density at radius 1 is 1.42 bits per heavy atom. The molecule has 3 rings (SSSR count). The molecular weight excluding hydrogens is 258 g/mol. The summed E-state index contributed by atoms with van der Waals surface area (Å²) >= 11 is 6.31. The van der Waals surface area contributed by atoms with Crippen molar-refractivity contribution >= 4 is 22.5 Å². The highest BCUT2D eigenvalue weighted by Crippen LogP contribution is 2.22. The van der Waals surface area contributed by atoms with E-state index in [-0.39, 0.29) is 0 Å². The van der Waals surface area contributed by atoms with Crippen LogP contribution in [0.15, 0.2) is 30.3 Å². The van der Waals surface area contributed by atoms with Crippen molar-refractivity contribution in [2.75, 3.05) is 19.6 Å². The maximum absolute atomic E-state index is 6.31. The first kappa shape index (κ1) is 12.9. The number of rotatable bonds is 2. The number of halogens is 1. The van der Waals surface area contributed by atoms with Crippen LogP contribution in [-0.2, 0) is 6.54 Å². The topological polar surface area (TPSA) is 28.2 Å². The lowest BCUT2D eigenvalue weighted by Crippen LogP contribution is -2.48. The highest BCUT2D eigenvalue weighted by Gasteiger charge is 2.17. The summed E-state index contributed by atoms with van der Waals surface area (Å²) in [5, 5.41) is 5.24. The van der Waals surface area contributed by atoms with Gasteiger partial charge in [0.2, 0.25) is 0 Å². The fraction of sp³-hybridized carbons (Fsp3) is 0.400. The number of hydrogen-bond acceptors (Lipinski definition) is 3. The van der Waals surface area contributed by atoms with E-state index in [2.05, 4.69) is 34.3 Å². The van der Waals surface area contributed by atoms with Crippen LogP contribution in [0.25, 0.3) is 10.9 Å². The Morgan fingerprint density at radius 2 is 2.26 bits per heavy atom. The van der Waals surface area contributed by atoms with Gasteiger partial charge in [0.25, 0.3) is 0 Å². The lowest BCUT2D eigenvalue weighted by atomic mass is 10.1. The predicted octanol–water partition coefficient (Wildman–Crippen LogP) is 2.68. The average Bonchev–Trinajstić information content (AvgIpc) is 2.40. The molecule has 2 heterocycles. The number of pyridine rings is 1. The maximum Gasteiger partial charge on any atom is 0.134 e. The number of nitrogens with zero attached hydrogens (tertiary/aromatic N) is 2. The van der Waals surface area contributed by atoms with E-state index >= 15 is 0 Å². The first-order chi connectivity index (χ1) is 9.22. The molecule has 0 bridgehead atoms. The standard InChI is InChI=1S/C15H18ClN3/c1-11-9-19(7-6-17-11)10-13-8-12-4-2-3-5-14(12)18-15(13)16/h2-5,8,11,17H,6-7,9-10H2,1H3. The van der Waals surface area contributed by atoms with Gasteiger partial charge in [-0.2, -0.15) is 0 Å². The highest BCUT2D eigenvalue weighted by molar-refractivity contribution is 6.30. The number of fused-ring (bicyclic) bond motifs is 1. The van der Waals surface area contributed by atoms with Crippen LogP contribution in [0.4, 0.5) is 0 Å². The summed E-state index contributed by atoms with van der Waals surface area (Å²) in [7, 11) is 0. The van der Waals surface area contributed by atoms with E-state index in [0.29, 0.717) is 11.2 Å². The number of piperazine rings is 1. The first-order valence-electron chi connectivity index (χ1n) is 6.72. The minimum atomic E-state index is 0.543. The molecule has 0 saturated carbocycles. The normalized spacial score (nSPS) is 20.8. The molecule has 1 saturated heterocycles. The van der Waals surface area contributed by atoms with Crippen molar-refractivity contribution in [2.45, 2.75) is 19.5 Å². The molecule has 100 valence electrons. The van der Waals surface area contributed by atoms with Gasteiger partial charge in [-0.25, -0.2) is 4.98 Å². The van der Waals surface area contributed by atoms with Crippen molar-refractivity contribution in [3.8, 4) is 0 Å². The Kier molecular flexibility index (Phi) is 3.69. The third-order valence-corrected chi connectivity index (χ3v) is 3.92. The van der Waals surface area contributed by atoms with Crippen molar-refractivity contribution in [1.82, 2.24) is 15.2 Å². The van der Waals surface area contributed by atoms with Gasteiger partial charge in [-0.15, -0.1) is 0 Å². The van der Waals surface area contributed by atoms with Crippen molar-refractivity contribution in [3.63, 3.8) is 0 Å². The van der Waals surface area contributed by atoms with Crippen LogP contribution < -0.4 is 5.32 Å². The molecule has 1 aliphatic heterocycles. The number of nitrogens with one attached hydrogen (secondary N) is 1. The van der Waals surface area contributed by atoms with Crippen molar-refractivity contribution in [3.05, 3.63) is 41.0 Å². The summed E-state index contributed by atoms with van der Waals surface area (Å²) in [6, 6.07) is 10.8. The summed E-state index contributed by atoms with van der Waals surface area (Å²) in [5.41, 5.74) is 2.08. The second-order valence-corrected chi connectivity index (χ2v) is 5.58. The van der Waals surface area contributed by atoms with E-state index in [1.807, 2.05) is 18.2 Å². The molecule has 0 radical (unpaired) electrons. The van der Waals surface area contributed by atoms with Crippen LogP contribution in [0, 0.1) is 0 Å². The van der Waals surface area contributed by atoms with E-state index in [1.165, 1.54) is 0 Å². The van der Waals surface area contributed by atoms with Gasteiger partial charge in [0.15, 0.2) is 0 Å². The largest absolute Gasteiger partial charge is 0.312 e. The van der Waals surface area contributed by atoms with Crippen LogP contribution >= 0.6 is 11.6 Å². The lowest BCUT2D eigenvalue weighted by Gasteiger charge is -2.31. The Bertz CT molecular complexity index is 585. The second-order valence-electron chi connectivity index (χ2n) is 5.22. The SMILES string of the molecule is CC1CN(Cc2cc3ccccc3nc2Cl)CCN1. The van der Waals surface area contributed by atoms with Crippen LogP contribution in [0.3, 0.4) is 0 Å². The zero-order valence-electron chi connectivity index (χ0n) is 11.1. The van der Waals surface area contributed by atoms with E-state index in [0.717, 1.165) is 42.6 Å². The maximum atomic E-state index is 6.31. The molecule has 0 amide bonds. The molecule has 1 aliphatic rings. The molecule has 4 heteroatoms. The van der Waals surface area contributed by atoms with Gasteiger partial charge in [-0.05, 0) is 19.1 Å². The van der Waals surface area contributed by atoms with E-state index in [4.69, 9.17) is 11.6 Å². The van der Waals surface area contributed by atoms with Crippen LogP contribution in [0.1, 0.15) is 12.5 Å². The van der Waals surface area contributed by atoms with Crippen molar-refractivity contribution in [1.29, 1.82) is 0 Å². The van der Waals surface area contributed by atoms with Gasteiger partial charge >= 0.3 is 0 Å². The first-order valence-corrected chi connectivity index (χ1v) is 7.10. The Hall–Kier alpha value is -1.16. The van der Waals surface area contributed by atoms with Gasteiger partial charge < -0.3 is 5.32 Å². The molecule has 1 atom stereocenters. The zero-order valence-corrected chi connectivity index (χ0v) is 11.8. The highest BCUT2D eigenvalue weighted by atomic mass is 35.5. The van der Waals surface area contributed by atoms with Gasteiger partial charge in [0.05, 0.1) is 5.52 Å². The van der Waals surface area contributed by atoms with Crippen LogP contribution in [0.2, 0.25) is 5.15 Å². The quantitative estimate of drug-likeness (QED) is 0.854. The average molecular weight is 276 g/mol. The Labute approximate surface area is 118 Å². The van der Waals surface area contributed by atoms with Crippen LogP contribution in [0.5, 0.6) is 0 Å². The fourth-order valence-electron chi connectivity index (χ4n) is 2.64. The fourth-order valence-corrected chi connectivity index (χ4v) is 2.85. The van der Waals surface area contributed by atoms with Crippen LogP contribution in [-0.4, -0.2) is 35.6 Å². The minimum Gasteiger partial charge on any atom is -0.312 e. The molecule has 3 nitrogen and oxygen atoms in total. The molecular formula is C15H18ClN3. The molecule has 1 N–H and O–H groups in total. The molecule has 1 fully saturated rings. The minimum absolute atomic E-state index is 0.543. The van der Waals surface area contributed by atoms with Gasteiger partial charge in [0.1, 0.15) is 5.15 Å². The summed E-state index contributed by atoms with van der Waals surface area (Å²) in [4.78, 5) is 6.91. The third kappa shape index (κ3) is 2.89. The molecule has 1 unspecified atom stereocenters. The van der Waals surface area contributed by atoms with E-state index < -0.39 is 0 Å². The van der Waals surface area contributed by atoms with Gasteiger partial charge in [-0.1, -0.05) is 29.8 Å². The van der Waals surface area contributed by atoms with Crippen molar-refractivity contribution < 1.29 is 0 Å². The summed E-state index contributed by atoms with van der Waals surface area (Å²) < 4.78 is 0. The Morgan fingerprint density at radius 3 is 3.11 bits per heavy atom.